The molecule has 2 heterocycles. The Balaban J connectivity index is 2.22. The Morgan fingerprint density at radius 3 is 2.02 bits per heavy atom. The molecule has 2 aliphatic heterocycles. The topological polar surface area (TPSA) is 346 Å². The molecule has 0 saturated carbocycles. The van der Waals surface area contributed by atoms with Crippen molar-refractivity contribution in [2.75, 3.05) is 26.2 Å². The molecule has 2 aliphatic rings. The quantitative estimate of drug-likeness (QED) is 0.0248. The summed E-state index contributed by atoms with van der Waals surface area (Å²) < 4.78 is 0. The predicted molar refractivity (Wildman–Crippen MR) is 209 cm³/mol. The first kappa shape index (κ1) is 48.1. The lowest BCUT2D eigenvalue weighted by molar-refractivity contribution is -0.145. The second-order valence-corrected chi connectivity index (χ2v) is 15.1. The van der Waals surface area contributed by atoms with Crippen LogP contribution in [0.15, 0.2) is 0 Å². The molecule has 0 unspecified atom stereocenters. The van der Waals surface area contributed by atoms with Gasteiger partial charge in [-0.05, 0) is 96.6 Å². The molecule has 21 nitrogen and oxygen atoms in total. The van der Waals surface area contributed by atoms with Gasteiger partial charge in [-0.15, -0.1) is 0 Å². The Labute approximate surface area is 333 Å². The van der Waals surface area contributed by atoms with Crippen LogP contribution in [-0.4, -0.2) is 132 Å². The normalized spacial score (nSPS) is 19.0. The molecule has 0 spiro atoms. The molecule has 322 valence electrons. The van der Waals surface area contributed by atoms with Crippen LogP contribution in [-0.2, 0) is 38.4 Å². The SMILES string of the molecule is CC(C)C[C@H](NC(=O)[C@H](CCCCN)NC(=O)[C@H](C)NC(=O)[C@@H]1CCCN1)C(=O)N[C@@H](CCC(N)=O)C(=O)N1CCC[C@H]1C(=O)N[C@@H](CCCNC(=N)N)C(=O)O. The monoisotopic (exact) mass is 808 g/mol. The first-order valence-electron chi connectivity index (χ1n) is 19.8. The van der Waals surface area contributed by atoms with E-state index in [9.17, 15) is 43.5 Å². The largest absolute Gasteiger partial charge is 0.480 e. The van der Waals surface area contributed by atoms with E-state index in [1.807, 2.05) is 13.8 Å². The second kappa shape index (κ2) is 24.6. The zero-order valence-corrected chi connectivity index (χ0v) is 33.3. The van der Waals surface area contributed by atoms with Gasteiger partial charge in [0, 0.05) is 19.5 Å². The van der Waals surface area contributed by atoms with E-state index in [-0.39, 0.29) is 75.8 Å². The number of carboxylic acids is 1. The van der Waals surface area contributed by atoms with Crippen molar-refractivity contribution in [3.63, 3.8) is 0 Å². The van der Waals surface area contributed by atoms with E-state index in [2.05, 4.69) is 37.2 Å². The number of likely N-dealkylation sites (tertiary alicyclic amines) is 1. The van der Waals surface area contributed by atoms with Gasteiger partial charge in [0.1, 0.15) is 36.3 Å². The van der Waals surface area contributed by atoms with Crippen LogP contribution in [0, 0.1) is 11.3 Å². The number of unbranched alkanes of at least 4 members (excludes halogenated alkanes) is 1. The van der Waals surface area contributed by atoms with Gasteiger partial charge in [0.15, 0.2) is 5.96 Å². The molecule has 15 N–H and O–H groups in total. The minimum absolute atomic E-state index is 0.0214. The number of guanidine groups is 1. The predicted octanol–water partition coefficient (Wildman–Crippen LogP) is -3.04. The van der Waals surface area contributed by atoms with E-state index in [0.29, 0.717) is 38.8 Å². The minimum atomic E-state index is -1.34. The van der Waals surface area contributed by atoms with Gasteiger partial charge in [0.2, 0.25) is 41.4 Å². The molecule has 2 saturated heterocycles. The van der Waals surface area contributed by atoms with E-state index in [1.165, 1.54) is 11.8 Å². The number of nitrogens with zero attached hydrogens (tertiary/aromatic N) is 1. The number of amides is 7. The molecule has 0 aromatic heterocycles. The lowest BCUT2D eigenvalue weighted by atomic mass is 10.0. The van der Waals surface area contributed by atoms with Gasteiger partial charge in [-0.3, -0.25) is 39.0 Å². The third-order valence-electron chi connectivity index (χ3n) is 9.78. The molecule has 21 heteroatoms. The third-order valence-corrected chi connectivity index (χ3v) is 9.78. The van der Waals surface area contributed by atoms with Crippen molar-refractivity contribution in [1.29, 1.82) is 5.41 Å². The molecule has 0 aromatic rings. The molecule has 0 aliphatic carbocycles. The molecule has 57 heavy (non-hydrogen) atoms. The van der Waals surface area contributed by atoms with Crippen LogP contribution in [0.1, 0.15) is 97.8 Å². The standard InChI is InChI=1S/C36H64N12O9/c1-20(2)19-26(47-31(52)23(9-4-5-15-37)44-29(50)21(3)43-30(51)22-10-6-16-41-22)32(53)45-24(13-14-28(38)49)34(55)48-18-8-12-27(48)33(54)46-25(35(56)57)11-7-17-42-36(39)40/h20-27,41H,4-19,37H2,1-3H3,(H2,38,49)(H,43,51)(H,44,50)(H,45,53)(H,46,54)(H,47,52)(H,56,57)(H4,39,40,42)/t21-,22-,23-,24-,25-,26-,27-/m0/s1. The molecule has 7 amide bonds. The average molecular weight is 809 g/mol. The molecule has 7 atom stereocenters. The maximum atomic E-state index is 14.0. The van der Waals surface area contributed by atoms with Crippen molar-refractivity contribution < 1.29 is 43.5 Å². The highest BCUT2D eigenvalue weighted by Crippen LogP contribution is 2.21. The Hall–Kier alpha value is -5.05. The van der Waals surface area contributed by atoms with Crippen molar-refractivity contribution in [2.45, 2.75) is 140 Å². The number of nitrogens with two attached hydrogens (primary N) is 3. The molecule has 2 fully saturated rings. The van der Waals surface area contributed by atoms with Gasteiger partial charge in [-0.25, -0.2) is 4.79 Å². The molecule has 0 aromatic carbocycles. The van der Waals surface area contributed by atoms with Gasteiger partial charge in [-0.1, -0.05) is 13.8 Å². The smallest absolute Gasteiger partial charge is 0.326 e. The van der Waals surface area contributed by atoms with Gasteiger partial charge in [0.25, 0.3) is 0 Å². The van der Waals surface area contributed by atoms with Crippen molar-refractivity contribution in [1.82, 2.24) is 42.1 Å². The zero-order chi connectivity index (χ0) is 42.7. The van der Waals surface area contributed by atoms with E-state index < -0.39 is 83.7 Å². The van der Waals surface area contributed by atoms with Gasteiger partial charge in [-0.2, -0.15) is 0 Å². The molecule has 0 bridgehead atoms. The summed E-state index contributed by atoms with van der Waals surface area (Å²) in [7, 11) is 0. The van der Waals surface area contributed by atoms with Crippen molar-refractivity contribution >= 4 is 53.3 Å². The number of hydrogen-bond donors (Lipinski definition) is 12. The molecule has 0 radical (unpaired) electrons. The number of carboxylic acid groups (broad SMARTS) is 1. The maximum Gasteiger partial charge on any atom is 0.326 e. The first-order chi connectivity index (χ1) is 26.9. The van der Waals surface area contributed by atoms with E-state index >= 15 is 0 Å². The van der Waals surface area contributed by atoms with Crippen LogP contribution in [0.25, 0.3) is 0 Å². The Kier molecular flexibility index (Phi) is 20.7. The van der Waals surface area contributed by atoms with Gasteiger partial charge in [0.05, 0.1) is 6.04 Å². The molecule has 2 rings (SSSR count). The number of carbonyl (C=O) groups is 8. The highest BCUT2D eigenvalue weighted by Gasteiger charge is 2.40. The summed E-state index contributed by atoms with van der Waals surface area (Å²) in [4.78, 5) is 106. The number of carbonyl (C=O) groups excluding carboxylic acids is 7. The second-order valence-electron chi connectivity index (χ2n) is 15.1. The lowest BCUT2D eigenvalue weighted by Gasteiger charge is -2.31. The summed E-state index contributed by atoms with van der Waals surface area (Å²) in [6.07, 6.45) is 3.24. The summed E-state index contributed by atoms with van der Waals surface area (Å²) in [5.41, 5.74) is 16.3. The van der Waals surface area contributed by atoms with E-state index in [4.69, 9.17) is 22.6 Å². The highest BCUT2D eigenvalue weighted by atomic mass is 16.4. The van der Waals surface area contributed by atoms with Crippen LogP contribution in [0.5, 0.6) is 0 Å². The number of rotatable bonds is 25. The van der Waals surface area contributed by atoms with Crippen LogP contribution >= 0.6 is 0 Å². The van der Waals surface area contributed by atoms with Crippen molar-refractivity contribution in [3.8, 4) is 0 Å². The van der Waals surface area contributed by atoms with Gasteiger partial charge >= 0.3 is 5.97 Å². The van der Waals surface area contributed by atoms with Gasteiger partial charge < -0.3 is 64.4 Å². The zero-order valence-electron chi connectivity index (χ0n) is 33.3. The van der Waals surface area contributed by atoms with Crippen LogP contribution in [0.2, 0.25) is 0 Å². The maximum absolute atomic E-state index is 14.0. The van der Waals surface area contributed by atoms with E-state index in [0.717, 1.165) is 6.42 Å². The summed E-state index contributed by atoms with van der Waals surface area (Å²) in [5.74, 6) is -6.17. The molecular formula is C36H64N12O9. The van der Waals surface area contributed by atoms with Crippen molar-refractivity contribution in [3.05, 3.63) is 0 Å². The number of primary amides is 1. The van der Waals surface area contributed by atoms with Crippen LogP contribution < -0.4 is 54.4 Å². The fourth-order valence-corrected chi connectivity index (χ4v) is 6.70. The fraction of sp³-hybridized carbons (Fsp3) is 0.750. The summed E-state index contributed by atoms with van der Waals surface area (Å²) in [5, 5.41) is 35.8. The molecular weight excluding hydrogens is 744 g/mol. The Morgan fingerprint density at radius 2 is 1.42 bits per heavy atom. The summed E-state index contributed by atoms with van der Waals surface area (Å²) in [6.45, 7) is 6.53. The first-order valence-corrected chi connectivity index (χ1v) is 19.8. The van der Waals surface area contributed by atoms with Crippen LogP contribution in [0.3, 0.4) is 0 Å². The number of nitrogens with one attached hydrogen (secondary N) is 8. The summed E-state index contributed by atoms with van der Waals surface area (Å²) in [6, 6.07) is -7.33. The Morgan fingerprint density at radius 1 is 0.772 bits per heavy atom. The summed E-state index contributed by atoms with van der Waals surface area (Å²) >= 11 is 0. The number of hydrogen-bond acceptors (Lipinski definition) is 11. The average Bonchev–Trinajstić information content (AvgIpc) is 3.87. The third kappa shape index (κ3) is 16.9. The van der Waals surface area contributed by atoms with Crippen molar-refractivity contribution in [2.24, 2.45) is 23.1 Å². The van der Waals surface area contributed by atoms with E-state index in [1.54, 1.807) is 0 Å². The van der Waals surface area contributed by atoms with Crippen LogP contribution in [0.4, 0.5) is 0 Å². The highest BCUT2D eigenvalue weighted by molar-refractivity contribution is 5.97. The fourth-order valence-electron chi connectivity index (χ4n) is 6.70. The Bertz CT molecular complexity index is 1420. The minimum Gasteiger partial charge on any atom is -0.480 e. The lowest BCUT2D eigenvalue weighted by Crippen LogP contribution is -2.59. The number of aliphatic carboxylic acids is 1.